The van der Waals surface area contributed by atoms with Crippen molar-refractivity contribution < 1.29 is 33.0 Å². The molecule has 2 amide bonds. The third-order valence-corrected chi connectivity index (χ3v) is 3.67. The van der Waals surface area contributed by atoms with Gasteiger partial charge in [0, 0.05) is 13.3 Å². The summed E-state index contributed by atoms with van der Waals surface area (Å²) in [5.74, 6) is -3.37. The van der Waals surface area contributed by atoms with Crippen LogP contribution in [0.2, 0.25) is 0 Å². The van der Waals surface area contributed by atoms with Gasteiger partial charge in [0.25, 0.3) is 0 Å². The summed E-state index contributed by atoms with van der Waals surface area (Å²) in [6, 6.07) is 3.34. The van der Waals surface area contributed by atoms with Crippen LogP contribution in [-0.4, -0.2) is 48.5 Å². The van der Waals surface area contributed by atoms with Crippen LogP contribution in [0.15, 0.2) is 24.3 Å². The van der Waals surface area contributed by atoms with Gasteiger partial charge in [-0.3, -0.25) is 14.4 Å². The molecule has 0 aliphatic rings. The summed E-state index contributed by atoms with van der Waals surface area (Å²) < 4.78 is 23.7. The first-order valence-electron chi connectivity index (χ1n) is 9.03. The number of carbonyl (C=O) groups excluding carboxylic acids is 4. The van der Waals surface area contributed by atoms with Crippen molar-refractivity contribution in [3.8, 4) is 0 Å². The maximum Gasteiger partial charge on any atom is 0.328 e. The van der Waals surface area contributed by atoms with Crippen LogP contribution in [0.5, 0.6) is 0 Å². The third kappa shape index (κ3) is 8.71. The molecule has 0 radical (unpaired) electrons. The zero-order valence-electron chi connectivity index (χ0n) is 17.2. The monoisotopic (exact) mass is 410 g/mol. The van der Waals surface area contributed by atoms with Crippen LogP contribution in [0.1, 0.15) is 39.7 Å². The Bertz CT molecular complexity index is 760. The maximum absolute atomic E-state index is 13.9. The highest BCUT2D eigenvalue weighted by Gasteiger charge is 2.30. The number of rotatable bonds is 8. The van der Waals surface area contributed by atoms with E-state index in [9.17, 15) is 23.6 Å². The van der Waals surface area contributed by atoms with E-state index >= 15 is 0 Å². The molecule has 0 aliphatic heterocycles. The molecule has 0 aromatic heterocycles. The van der Waals surface area contributed by atoms with Gasteiger partial charge in [-0.1, -0.05) is 18.2 Å². The fourth-order valence-electron chi connectivity index (χ4n) is 2.50. The SMILES string of the molecule is COC(=O)[C@H](CC(=O)OC(C)(C)C)NC(=O)[C@@H](Cc1ccccc1F)NC(C)=O. The Morgan fingerprint density at radius 1 is 1.07 bits per heavy atom. The van der Waals surface area contributed by atoms with E-state index in [1.165, 1.54) is 25.1 Å². The number of amides is 2. The molecule has 9 heteroatoms. The number of halogens is 1. The average molecular weight is 410 g/mol. The highest BCUT2D eigenvalue weighted by Crippen LogP contribution is 2.12. The predicted octanol–water partition coefficient (Wildman–Crippen LogP) is 1.26. The fourth-order valence-corrected chi connectivity index (χ4v) is 2.50. The molecule has 2 N–H and O–H groups in total. The molecule has 1 rings (SSSR count). The molecule has 29 heavy (non-hydrogen) atoms. The lowest BCUT2D eigenvalue weighted by Crippen LogP contribution is -2.53. The fraction of sp³-hybridized carbons (Fsp3) is 0.500. The van der Waals surface area contributed by atoms with Gasteiger partial charge in [-0.2, -0.15) is 0 Å². The lowest BCUT2D eigenvalue weighted by atomic mass is 10.0. The largest absolute Gasteiger partial charge is 0.467 e. The number of hydrogen-bond donors (Lipinski definition) is 2. The lowest BCUT2D eigenvalue weighted by molar-refractivity contribution is -0.159. The van der Waals surface area contributed by atoms with Crippen molar-refractivity contribution in [2.45, 2.75) is 58.2 Å². The van der Waals surface area contributed by atoms with E-state index in [1.54, 1.807) is 26.8 Å². The number of carbonyl (C=O) groups is 4. The van der Waals surface area contributed by atoms with Gasteiger partial charge in [-0.25, -0.2) is 9.18 Å². The number of esters is 2. The van der Waals surface area contributed by atoms with Gasteiger partial charge in [0.15, 0.2) is 0 Å². The second kappa shape index (κ2) is 10.5. The minimum absolute atomic E-state index is 0.140. The van der Waals surface area contributed by atoms with Crippen LogP contribution < -0.4 is 10.6 Å². The molecule has 8 nitrogen and oxygen atoms in total. The highest BCUT2D eigenvalue weighted by molar-refractivity contribution is 5.92. The van der Waals surface area contributed by atoms with Crippen molar-refractivity contribution in [1.29, 1.82) is 0 Å². The van der Waals surface area contributed by atoms with E-state index in [2.05, 4.69) is 15.4 Å². The molecule has 0 heterocycles. The van der Waals surface area contributed by atoms with Crippen molar-refractivity contribution in [1.82, 2.24) is 10.6 Å². The first-order valence-corrected chi connectivity index (χ1v) is 9.03. The van der Waals surface area contributed by atoms with Crippen LogP contribution in [0.3, 0.4) is 0 Å². The minimum Gasteiger partial charge on any atom is -0.467 e. The van der Waals surface area contributed by atoms with Crippen molar-refractivity contribution in [3.63, 3.8) is 0 Å². The van der Waals surface area contributed by atoms with E-state index in [0.29, 0.717) is 0 Å². The molecule has 2 atom stereocenters. The van der Waals surface area contributed by atoms with E-state index in [1.807, 2.05) is 0 Å². The summed E-state index contributed by atoms with van der Waals surface area (Å²) in [7, 11) is 1.11. The van der Waals surface area contributed by atoms with E-state index in [0.717, 1.165) is 7.11 Å². The topological polar surface area (TPSA) is 111 Å². The summed E-state index contributed by atoms with van der Waals surface area (Å²) in [6.45, 7) is 6.20. The van der Waals surface area contributed by atoms with Crippen LogP contribution in [-0.2, 0) is 35.1 Å². The second-order valence-electron chi connectivity index (χ2n) is 7.42. The first kappa shape index (κ1) is 24.1. The number of hydrogen-bond acceptors (Lipinski definition) is 6. The summed E-state index contributed by atoms with van der Waals surface area (Å²) in [5, 5.41) is 4.80. The number of methoxy groups -OCH3 is 1. The number of benzene rings is 1. The molecule has 1 aromatic carbocycles. The zero-order valence-corrected chi connectivity index (χ0v) is 17.2. The molecule has 0 saturated heterocycles. The van der Waals surface area contributed by atoms with Crippen LogP contribution in [0, 0.1) is 5.82 Å². The molecule has 160 valence electrons. The summed E-state index contributed by atoms with van der Waals surface area (Å²) in [5.41, 5.74) is -0.561. The Labute approximate surface area is 169 Å². The Balaban J connectivity index is 2.96. The molecule has 0 fully saturated rings. The first-order chi connectivity index (χ1) is 13.4. The van der Waals surface area contributed by atoms with Crippen LogP contribution >= 0.6 is 0 Å². The van der Waals surface area contributed by atoms with Crippen LogP contribution in [0.25, 0.3) is 0 Å². The Kier molecular flexibility index (Phi) is 8.75. The van der Waals surface area contributed by atoms with Crippen molar-refractivity contribution in [2.24, 2.45) is 0 Å². The van der Waals surface area contributed by atoms with Gasteiger partial charge in [0.05, 0.1) is 13.5 Å². The van der Waals surface area contributed by atoms with Crippen molar-refractivity contribution >= 4 is 23.8 Å². The molecule has 0 spiro atoms. The third-order valence-electron chi connectivity index (χ3n) is 3.67. The maximum atomic E-state index is 13.9. The van der Waals surface area contributed by atoms with Crippen molar-refractivity contribution in [3.05, 3.63) is 35.6 Å². The summed E-state index contributed by atoms with van der Waals surface area (Å²) >= 11 is 0. The van der Waals surface area contributed by atoms with Gasteiger partial charge in [-0.05, 0) is 32.4 Å². The van der Waals surface area contributed by atoms with Gasteiger partial charge < -0.3 is 20.1 Å². The molecular weight excluding hydrogens is 383 g/mol. The standard InChI is InChI=1S/C20H27FN2O6/c1-12(24)22-15(10-13-8-6-7-9-14(13)21)18(26)23-16(19(27)28-5)11-17(25)29-20(2,3)4/h6-9,15-16H,10-11H2,1-5H3,(H,22,24)(H,23,26)/t15-,16+/m1/s1. The quantitative estimate of drug-likeness (QED) is 0.625. The predicted molar refractivity (Wildman–Crippen MR) is 102 cm³/mol. The molecule has 1 aromatic rings. The van der Waals surface area contributed by atoms with Gasteiger partial charge in [0.2, 0.25) is 11.8 Å². The second-order valence-corrected chi connectivity index (χ2v) is 7.42. The van der Waals surface area contributed by atoms with Crippen molar-refractivity contribution in [2.75, 3.05) is 7.11 Å². The van der Waals surface area contributed by atoms with Gasteiger partial charge in [-0.15, -0.1) is 0 Å². The molecule has 0 aliphatic carbocycles. The summed E-state index contributed by atoms with van der Waals surface area (Å²) in [4.78, 5) is 48.2. The average Bonchev–Trinajstić information content (AvgIpc) is 2.59. The smallest absolute Gasteiger partial charge is 0.328 e. The normalized spacial score (nSPS) is 13.0. The number of ether oxygens (including phenoxy) is 2. The van der Waals surface area contributed by atoms with E-state index in [-0.39, 0.29) is 12.0 Å². The number of nitrogens with one attached hydrogen (secondary N) is 2. The van der Waals surface area contributed by atoms with Gasteiger partial charge in [0.1, 0.15) is 23.5 Å². The molecule has 0 unspecified atom stereocenters. The lowest BCUT2D eigenvalue weighted by Gasteiger charge is -2.24. The summed E-state index contributed by atoms with van der Waals surface area (Å²) in [6.07, 6.45) is -0.597. The molecular formula is C20H27FN2O6. The Morgan fingerprint density at radius 2 is 1.69 bits per heavy atom. The molecule has 0 saturated carbocycles. The Hall–Kier alpha value is -2.97. The van der Waals surface area contributed by atoms with E-state index < -0.39 is 53.7 Å². The van der Waals surface area contributed by atoms with E-state index in [4.69, 9.17) is 4.74 Å². The Morgan fingerprint density at radius 3 is 2.21 bits per heavy atom. The molecule has 0 bridgehead atoms. The highest BCUT2D eigenvalue weighted by atomic mass is 19.1. The minimum atomic E-state index is -1.32. The van der Waals surface area contributed by atoms with Gasteiger partial charge >= 0.3 is 11.9 Å². The zero-order chi connectivity index (χ0) is 22.2. The van der Waals surface area contributed by atoms with Crippen LogP contribution in [0.4, 0.5) is 4.39 Å².